The number of aromatic nitrogens is 1. The average molecular weight is 841 g/mol. The molecule has 1 aliphatic heterocycles. The van der Waals surface area contributed by atoms with Crippen molar-refractivity contribution in [2.24, 2.45) is 29.0 Å². The van der Waals surface area contributed by atoms with Crippen LogP contribution in [0.25, 0.3) is 10.9 Å². The molecule has 1 aromatic heterocycles. The van der Waals surface area contributed by atoms with Crippen LogP contribution in [0, 0.1) is 11.8 Å². The molecule has 0 radical (unpaired) electrons. The minimum Gasteiger partial charge on any atom is -0.480 e. The first-order chi connectivity index (χ1) is 28.5. The molecule has 3 rings (SSSR count). The van der Waals surface area contributed by atoms with Crippen LogP contribution in [0.1, 0.15) is 98.0 Å². The quantitative estimate of drug-likeness (QED) is 0.0615. The number of unbranched alkanes of at least 4 members (excludes halogenated alkanes) is 2. The van der Waals surface area contributed by atoms with E-state index in [4.69, 9.17) is 17.2 Å². The second kappa shape index (κ2) is 24.3. The molecular formula is C42H68N10O8. The van der Waals surface area contributed by atoms with E-state index in [2.05, 4.69) is 31.6 Å². The number of aromatic amines is 1. The van der Waals surface area contributed by atoms with Crippen molar-refractivity contribution in [3.63, 3.8) is 0 Å². The third-order valence-electron chi connectivity index (χ3n) is 11.2. The molecule has 13 N–H and O–H groups in total. The van der Waals surface area contributed by atoms with Gasteiger partial charge in [0.2, 0.25) is 35.4 Å². The number of fused-ring (bicyclic) bond motifs is 1. The molecule has 6 amide bonds. The molecule has 8 unspecified atom stereocenters. The molecule has 1 aromatic carbocycles. The highest BCUT2D eigenvalue weighted by atomic mass is 16.4. The maximum Gasteiger partial charge on any atom is 0.326 e. The summed E-state index contributed by atoms with van der Waals surface area (Å²) in [6, 6.07) is 0.0572. The minimum absolute atomic E-state index is 0.00994. The summed E-state index contributed by atoms with van der Waals surface area (Å²) in [5.41, 5.74) is 19.1. The largest absolute Gasteiger partial charge is 0.480 e. The summed E-state index contributed by atoms with van der Waals surface area (Å²) in [5, 5.41) is 24.0. The van der Waals surface area contributed by atoms with Crippen molar-refractivity contribution < 1.29 is 38.7 Å². The predicted molar refractivity (Wildman–Crippen MR) is 228 cm³/mol. The van der Waals surface area contributed by atoms with Gasteiger partial charge in [0, 0.05) is 30.1 Å². The molecule has 334 valence electrons. The number of hydrogen-bond donors (Lipinski definition) is 10. The average Bonchev–Trinajstić information content (AvgIpc) is 3.88. The number of H-pyrrole nitrogens is 1. The van der Waals surface area contributed by atoms with Crippen LogP contribution in [0.3, 0.4) is 0 Å². The number of rotatable bonds is 25. The van der Waals surface area contributed by atoms with Crippen LogP contribution in [0.2, 0.25) is 0 Å². The van der Waals surface area contributed by atoms with E-state index in [9.17, 15) is 38.7 Å². The first kappa shape index (κ1) is 49.3. The minimum atomic E-state index is -1.23. The lowest BCUT2D eigenvalue weighted by Crippen LogP contribution is -2.60. The van der Waals surface area contributed by atoms with Gasteiger partial charge in [0.25, 0.3) is 0 Å². The Morgan fingerprint density at radius 1 is 0.800 bits per heavy atom. The van der Waals surface area contributed by atoms with Crippen molar-refractivity contribution in [3.05, 3.63) is 36.0 Å². The highest BCUT2D eigenvalue weighted by Crippen LogP contribution is 2.22. The fourth-order valence-electron chi connectivity index (χ4n) is 7.30. The number of aliphatic carboxylic acids is 1. The smallest absolute Gasteiger partial charge is 0.326 e. The Labute approximate surface area is 352 Å². The van der Waals surface area contributed by atoms with Crippen LogP contribution in [0.15, 0.2) is 30.5 Å². The van der Waals surface area contributed by atoms with Gasteiger partial charge >= 0.3 is 5.97 Å². The van der Waals surface area contributed by atoms with Crippen molar-refractivity contribution in [2.75, 3.05) is 19.6 Å². The van der Waals surface area contributed by atoms with Crippen LogP contribution in [-0.2, 0) is 40.0 Å². The fourth-order valence-corrected chi connectivity index (χ4v) is 7.30. The Bertz CT molecular complexity index is 1770. The maximum atomic E-state index is 14.2. The first-order valence-electron chi connectivity index (χ1n) is 21.3. The number of nitrogens with two attached hydrogens (primary N) is 3. The topological polar surface area (TPSA) is 297 Å². The van der Waals surface area contributed by atoms with E-state index in [-0.39, 0.29) is 24.7 Å². The summed E-state index contributed by atoms with van der Waals surface area (Å²) in [7, 11) is 0. The monoisotopic (exact) mass is 841 g/mol. The number of carbonyl (C=O) groups excluding carboxylic acids is 6. The van der Waals surface area contributed by atoms with Gasteiger partial charge in [-0.1, -0.05) is 58.7 Å². The highest BCUT2D eigenvalue weighted by molar-refractivity contribution is 5.97. The van der Waals surface area contributed by atoms with Crippen LogP contribution in [-0.4, -0.2) is 118 Å². The number of carboxylic acids is 1. The molecule has 0 aliphatic carbocycles. The zero-order valence-corrected chi connectivity index (χ0v) is 35.8. The number of nitrogens with zero attached hydrogens (tertiary/aromatic N) is 1. The van der Waals surface area contributed by atoms with Gasteiger partial charge < -0.3 is 58.8 Å². The van der Waals surface area contributed by atoms with E-state index in [1.165, 1.54) is 11.8 Å². The summed E-state index contributed by atoms with van der Waals surface area (Å²) in [5.74, 6) is -5.55. The van der Waals surface area contributed by atoms with Crippen LogP contribution >= 0.6 is 0 Å². The van der Waals surface area contributed by atoms with Crippen molar-refractivity contribution in [2.45, 2.75) is 141 Å². The standard InChI is InChI=1S/C42H68N10O8/c1-6-25(4)35(40(57)50-34(24(2)3)42(59)60)51-36(53)26(5)47-38(55)32(22-27-23-46-30-16-8-7-14-28(27)30)49-37(54)31(17-10-12-20-44)48-39(56)33-18-13-21-52(33)41(58)29(45)15-9-11-19-43/h7-8,14,16,23-26,29,31-35,46H,6,9-13,15,17-22,43-45H2,1-5H3,(H,47,55)(H,48,56)(H,49,54)(H,50,57)(H,51,53)(H,59,60). The molecule has 0 spiro atoms. The zero-order valence-electron chi connectivity index (χ0n) is 35.8. The summed E-state index contributed by atoms with van der Waals surface area (Å²) < 4.78 is 0. The van der Waals surface area contributed by atoms with E-state index < -0.39 is 83.7 Å². The van der Waals surface area contributed by atoms with E-state index in [1.54, 1.807) is 27.0 Å². The van der Waals surface area contributed by atoms with Gasteiger partial charge in [-0.05, 0) is 88.4 Å². The SMILES string of the molecule is CCC(C)C(NC(=O)C(C)NC(=O)C(Cc1c[nH]c2ccccc12)NC(=O)C(CCCCN)NC(=O)C1CCCN1C(=O)C(N)CCCCN)C(=O)NC(C(=O)O)C(C)C. The summed E-state index contributed by atoms with van der Waals surface area (Å²) >= 11 is 0. The van der Waals surface area contributed by atoms with Gasteiger partial charge in [-0.25, -0.2) is 4.79 Å². The van der Waals surface area contributed by atoms with Gasteiger partial charge in [-0.3, -0.25) is 28.8 Å². The lowest BCUT2D eigenvalue weighted by Gasteiger charge is -2.29. The first-order valence-corrected chi connectivity index (χ1v) is 21.3. The number of benzene rings is 1. The van der Waals surface area contributed by atoms with Gasteiger partial charge in [-0.15, -0.1) is 0 Å². The number of para-hydroxylation sites is 1. The van der Waals surface area contributed by atoms with E-state index in [1.807, 2.05) is 31.2 Å². The highest BCUT2D eigenvalue weighted by Gasteiger charge is 2.38. The van der Waals surface area contributed by atoms with Crippen LogP contribution in [0.5, 0.6) is 0 Å². The molecule has 18 nitrogen and oxygen atoms in total. The molecule has 18 heteroatoms. The Kier molecular flexibility index (Phi) is 19.9. The number of hydrogen-bond acceptors (Lipinski definition) is 10. The maximum absolute atomic E-state index is 14.2. The molecular weight excluding hydrogens is 773 g/mol. The molecule has 1 aliphatic rings. The Morgan fingerprint density at radius 2 is 1.43 bits per heavy atom. The third kappa shape index (κ3) is 14.0. The number of nitrogens with one attached hydrogen (secondary N) is 6. The molecule has 8 atom stereocenters. The molecule has 1 fully saturated rings. The van der Waals surface area contributed by atoms with Gasteiger partial charge in [0.1, 0.15) is 36.3 Å². The molecule has 0 saturated carbocycles. The van der Waals surface area contributed by atoms with Crippen molar-refractivity contribution >= 4 is 52.3 Å². The van der Waals surface area contributed by atoms with Crippen LogP contribution in [0.4, 0.5) is 0 Å². The molecule has 0 bridgehead atoms. The second-order valence-corrected chi connectivity index (χ2v) is 16.2. The number of carboxylic acid groups (broad SMARTS) is 1. The molecule has 1 saturated heterocycles. The van der Waals surface area contributed by atoms with Gasteiger partial charge in [0.05, 0.1) is 6.04 Å². The van der Waals surface area contributed by atoms with E-state index in [0.717, 1.165) is 17.3 Å². The number of carbonyl (C=O) groups is 7. The van der Waals surface area contributed by atoms with Crippen molar-refractivity contribution in [1.29, 1.82) is 0 Å². The molecule has 60 heavy (non-hydrogen) atoms. The predicted octanol–water partition coefficient (Wildman–Crippen LogP) is 0.517. The van der Waals surface area contributed by atoms with Gasteiger partial charge in [-0.2, -0.15) is 0 Å². The van der Waals surface area contributed by atoms with Crippen molar-refractivity contribution in [1.82, 2.24) is 36.5 Å². The third-order valence-corrected chi connectivity index (χ3v) is 11.2. The van der Waals surface area contributed by atoms with E-state index >= 15 is 0 Å². The number of likely N-dealkylation sites (tertiary alicyclic amines) is 1. The van der Waals surface area contributed by atoms with Crippen LogP contribution < -0.4 is 43.8 Å². The zero-order chi connectivity index (χ0) is 44.5. The Balaban J connectivity index is 1.84. The Morgan fingerprint density at radius 3 is 2.07 bits per heavy atom. The van der Waals surface area contributed by atoms with Crippen molar-refractivity contribution in [3.8, 4) is 0 Å². The van der Waals surface area contributed by atoms with E-state index in [0.29, 0.717) is 70.1 Å². The normalized spacial score (nSPS) is 17.5. The lowest BCUT2D eigenvalue weighted by molar-refractivity contribution is -0.144. The Hall–Kier alpha value is -5.07. The lowest BCUT2D eigenvalue weighted by atomic mass is 9.96. The molecule has 2 heterocycles. The molecule has 2 aromatic rings. The van der Waals surface area contributed by atoms with Gasteiger partial charge in [0.15, 0.2) is 0 Å². The number of amides is 6. The fraction of sp³-hybridized carbons (Fsp3) is 0.643. The summed E-state index contributed by atoms with van der Waals surface area (Å²) in [6.07, 6.45) is 6.31. The summed E-state index contributed by atoms with van der Waals surface area (Å²) in [6.45, 7) is 9.52. The summed E-state index contributed by atoms with van der Waals surface area (Å²) in [4.78, 5) is 98.7. The second-order valence-electron chi connectivity index (χ2n) is 16.2.